The molecule has 1 aliphatic carbocycles. The summed E-state index contributed by atoms with van der Waals surface area (Å²) in [4.78, 5) is 2.64. The van der Waals surface area contributed by atoms with E-state index in [-0.39, 0.29) is 5.04 Å². The van der Waals surface area contributed by atoms with Crippen molar-refractivity contribution >= 4 is 8.32 Å². The molecule has 0 saturated carbocycles. The second-order valence-corrected chi connectivity index (χ2v) is 12.8. The van der Waals surface area contributed by atoms with Crippen molar-refractivity contribution in [3.63, 3.8) is 0 Å². The van der Waals surface area contributed by atoms with Gasteiger partial charge in [0.1, 0.15) is 0 Å². The van der Waals surface area contributed by atoms with Crippen LogP contribution in [0.1, 0.15) is 48.0 Å². The summed E-state index contributed by atoms with van der Waals surface area (Å²) in [5, 5.41) is 0.288. The number of likely N-dealkylation sites (tertiary alicyclic amines) is 1. The van der Waals surface area contributed by atoms with Crippen molar-refractivity contribution in [1.29, 1.82) is 0 Å². The minimum atomic E-state index is -1.67. The Morgan fingerprint density at radius 3 is 2.32 bits per heavy atom. The van der Waals surface area contributed by atoms with Crippen LogP contribution in [0.5, 0.6) is 0 Å². The lowest BCUT2D eigenvalue weighted by atomic mass is 10.0. The zero-order valence-corrected chi connectivity index (χ0v) is 14.9. The number of rotatable bonds is 3. The van der Waals surface area contributed by atoms with Crippen molar-refractivity contribution in [2.45, 2.75) is 84.2 Å². The molecule has 2 nitrogen and oxygen atoms in total. The summed E-state index contributed by atoms with van der Waals surface area (Å²) >= 11 is 0. The van der Waals surface area contributed by atoms with E-state index in [0.29, 0.717) is 24.0 Å². The molecule has 110 valence electrons. The van der Waals surface area contributed by atoms with E-state index >= 15 is 0 Å². The molecule has 0 aromatic carbocycles. The summed E-state index contributed by atoms with van der Waals surface area (Å²) in [5.74, 6) is 1.93. The predicted molar refractivity (Wildman–Crippen MR) is 84.7 cm³/mol. The molecule has 0 amide bonds. The fraction of sp³-hybridized carbons (Fsp3) is 0.875. The van der Waals surface area contributed by atoms with Crippen molar-refractivity contribution in [3.8, 4) is 0 Å². The fourth-order valence-electron chi connectivity index (χ4n) is 3.32. The Kier molecular flexibility index (Phi) is 3.68. The van der Waals surface area contributed by atoms with Crippen LogP contribution in [0.4, 0.5) is 0 Å². The second-order valence-electron chi connectivity index (χ2n) is 8.12. The molecule has 0 spiro atoms. The quantitative estimate of drug-likeness (QED) is 0.711. The highest BCUT2D eigenvalue weighted by atomic mass is 28.4. The van der Waals surface area contributed by atoms with Crippen LogP contribution in [0.25, 0.3) is 0 Å². The first-order chi connectivity index (χ1) is 8.54. The first kappa shape index (κ1) is 15.1. The Morgan fingerprint density at radius 1 is 1.32 bits per heavy atom. The van der Waals surface area contributed by atoms with Gasteiger partial charge in [-0.2, -0.15) is 0 Å². The molecule has 3 heteroatoms. The summed E-state index contributed by atoms with van der Waals surface area (Å²) in [6.07, 6.45) is 3.68. The number of hydrogen-bond acceptors (Lipinski definition) is 2. The molecule has 0 radical (unpaired) electrons. The minimum absolute atomic E-state index is 0.288. The molecule has 1 fully saturated rings. The maximum absolute atomic E-state index is 6.57. The van der Waals surface area contributed by atoms with Crippen LogP contribution in [0.2, 0.25) is 18.1 Å². The molecule has 3 atom stereocenters. The molecule has 0 aromatic rings. The van der Waals surface area contributed by atoms with E-state index in [1.807, 2.05) is 0 Å². The highest BCUT2D eigenvalue weighted by Crippen LogP contribution is 2.47. The molecule has 2 aliphatic rings. The average molecular weight is 282 g/mol. The van der Waals surface area contributed by atoms with Gasteiger partial charge in [0.05, 0.1) is 5.76 Å². The van der Waals surface area contributed by atoms with Gasteiger partial charge in [-0.1, -0.05) is 20.8 Å². The normalized spacial score (nSPS) is 32.1. The van der Waals surface area contributed by atoms with Gasteiger partial charge in [0, 0.05) is 24.0 Å². The maximum Gasteiger partial charge on any atom is 0.250 e. The van der Waals surface area contributed by atoms with E-state index in [9.17, 15) is 0 Å². The molecule has 2 unspecified atom stereocenters. The monoisotopic (exact) mass is 281 g/mol. The molecule has 0 aromatic heterocycles. The van der Waals surface area contributed by atoms with Gasteiger partial charge in [0.15, 0.2) is 0 Å². The van der Waals surface area contributed by atoms with Crippen LogP contribution in [-0.4, -0.2) is 31.3 Å². The fourth-order valence-corrected chi connectivity index (χ4v) is 4.44. The Labute approximate surface area is 120 Å². The molecule has 2 rings (SSSR count). The van der Waals surface area contributed by atoms with Gasteiger partial charge in [0.2, 0.25) is 8.32 Å². The summed E-state index contributed by atoms with van der Waals surface area (Å²) in [7, 11) is -1.67. The topological polar surface area (TPSA) is 12.5 Å². The Morgan fingerprint density at radius 2 is 1.89 bits per heavy atom. The SMILES string of the molecule is CC(C)N1C2C=C(O[Si](C)(C)C(C)(C)C)C(C2)[C@H]1C. The smallest absolute Gasteiger partial charge is 0.250 e. The van der Waals surface area contributed by atoms with Crippen molar-refractivity contribution in [1.82, 2.24) is 4.90 Å². The van der Waals surface area contributed by atoms with Crippen LogP contribution in [0, 0.1) is 5.92 Å². The lowest BCUT2D eigenvalue weighted by Crippen LogP contribution is -2.46. The van der Waals surface area contributed by atoms with E-state index in [1.54, 1.807) is 0 Å². The first-order valence-corrected chi connectivity index (χ1v) is 10.6. The lowest BCUT2D eigenvalue weighted by Gasteiger charge is -2.41. The van der Waals surface area contributed by atoms with Crippen LogP contribution >= 0.6 is 0 Å². The van der Waals surface area contributed by atoms with Gasteiger partial charge in [-0.05, 0) is 51.4 Å². The average Bonchev–Trinajstić information content (AvgIpc) is 2.71. The van der Waals surface area contributed by atoms with Crippen LogP contribution in [0.15, 0.2) is 11.8 Å². The van der Waals surface area contributed by atoms with E-state index in [4.69, 9.17) is 4.43 Å². The molecular weight excluding hydrogens is 250 g/mol. The highest BCUT2D eigenvalue weighted by Gasteiger charge is 2.49. The van der Waals surface area contributed by atoms with Gasteiger partial charge in [-0.15, -0.1) is 0 Å². The first-order valence-electron chi connectivity index (χ1n) is 7.73. The Hall–Kier alpha value is -0.283. The van der Waals surface area contributed by atoms with Crippen molar-refractivity contribution in [3.05, 3.63) is 11.8 Å². The van der Waals surface area contributed by atoms with Crippen molar-refractivity contribution in [2.75, 3.05) is 0 Å². The van der Waals surface area contributed by atoms with E-state index < -0.39 is 8.32 Å². The minimum Gasteiger partial charge on any atom is -0.546 e. The van der Waals surface area contributed by atoms with Gasteiger partial charge in [-0.25, -0.2) is 0 Å². The van der Waals surface area contributed by atoms with E-state index in [2.05, 4.69) is 65.6 Å². The number of hydrogen-bond donors (Lipinski definition) is 0. The van der Waals surface area contributed by atoms with Crippen LogP contribution < -0.4 is 0 Å². The molecule has 1 aliphatic heterocycles. The third kappa shape index (κ3) is 2.51. The molecular formula is C16H31NOSi. The highest BCUT2D eigenvalue weighted by molar-refractivity contribution is 6.74. The lowest BCUT2D eigenvalue weighted by molar-refractivity contribution is 0.147. The Bertz CT molecular complexity index is 381. The van der Waals surface area contributed by atoms with Gasteiger partial charge in [-0.3, -0.25) is 4.90 Å². The molecule has 1 heterocycles. The second kappa shape index (κ2) is 4.63. The van der Waals surface area contributed by atoms with E-state index in [0.717, 1.165) is 0 Å². The zero-order valence-electron chi connectivity index (χ0n) is 13.9. The summed E-state index contributed by atoms with van der Waals surface area (Å²) < 4.78 is 6.57. The molecule has 19 heavy (non-hydrogen) atoms. The Balaban J connectivity index is 2.14. The zero-order chi connectivity index (χ0) is 14.6. The molecule has 1 saturated heterocycles. The van der Waals surface area contributed by atoms with E-state index in [1.165, 1.54) is 12.2 Å². The maximum atomic E-state index is 6.57. The summed E-state index contributed by atoms with van der Waals surface area (Å²) in [6, 6.07) is 1.88. The van der Waals surface area contributed by atoms with Crippen molar-refractivity contribution < 1.29 is 4.43 Å². The third-order valence-electron chi connectivity index (χ3n) is 5.43. The number of nitrogens with zero attached hydrogens (tertiary/aromatic N) is 1. The predicted octanol–water partition coefficient (Wildman–Crippen LogP) is 4.39. The van der Waals surface area contributed by atoms with Crippen LogP contribution in [0.3, 0.4) is 0 Å². The largest absolute Gasteiger partial charge is 0.546 e. The molecule has 0 N–H and O–H groups in total. The third-order valence-corrected chi connectivity index (χ3v) is 9.79. The van der Waals surface area contributed by atoms with Crippen LogP contribution in [-0.2, 0) is 4.43 Å². The standard InChI is InChI=1S/C16H31NOSi/c1-11(2)17-12(3)14-9-13(17)10-15(14)18-19(7,8)16(4,5)6/h10-14H,9H2,1-8H3/t12-,13?,14?/m1/s1. The van der Waals surface area contributed by atoms with Gasteiger partial charge < -0.3 is 4.43 Å². The van der Waals surface area contributed by atoms with Crippen molar-refractivity contribution in [2.24, 2.45) is 5.92 Å². The summed E-state index contributed by atoms with van der Waals surface area (Å²) in [6.45, 7) is 18.6. The summed E-state index contributed by atoms with van der Waals surface area (Å²) in [5.41, 5.74) is 0. The van der Waals surface area contributed by atoms with Gasteiger partial charge >= 0.3 is 0 Å². The molecule has 2 bridgehead atoms. The number of fused-ring (bicyclic) bond motifs is 2. The van der Waals surface area contributed by atoms with Gasteiger partial charge in [0.25, 0.3) is 0 Å².